The third-order valence-electron chi connectivity index (χ3n) is 19.9. The normalized spacial score (nSPS) is 11.5. The average Bonchev–Trinajstić information content (AvgIpc) is 1.66. The molecule has 0 bridgehead atoms. The first-order valence-corrected chi connectivity index (χ1v) is 59.0. The largest absolute Gasteiger partial charge is 0.473 e. The summed E-state index contributed by atoms with van der Waals surface area (Å²) in [5.74, 6) is 3.83. The number of nitrogens with one attached hydrogen (secondary N) is 2. The summed E-state index contributed by atoms with van der Waals surface area (Å²) >= 11 is 0. The Labute approximate surface area is 766 Å². The number of ether oxygens (including phenoxy) is 10. The maximum atomic E-state index is 11.3. The lowest BCUT2D eigenvalue weighted by Gasteiger charge is -2.15. The molecule has 14 aromatic rings. The van der Waals surface area contributed by atoms with Crippen molar-refractivity contribution < 1.29 is 47.4 Å². The lowest BCUT2D eigenvalue weighted by molar-refractivity contribution is 0.0699. The summed E-state index contributed by atoms with van der Waals surface area (Å²) in [6, 6.07) is 72.8. The van der Waals surface area contributed by atoms with E-state index < -0.39 is 32.3 Å². The molecule has 32 heteroatoms. The zero-order valence-electron chi connectivity index (χ0n) is 77.8. The van der Waals surface area contributed by atoms with E-state index in [1.165, 1.54) is 12.1 Å². The SMILES string of the molecule is CCOc1nc(-c2ccc(-c3ccc(=O)[nH]c3)cc2)n(COCC[Si](C)(C)C)n1.CCOc1nc(-c2ccc(-c3ccc(=O)[nH]c3)cc2)nn1COCC[Si](C)(C)C.CCOc1nc(-c2ccc(-c3ccc(OCc4ccccc4)nc3)cc2)n(COCC[Si](C)(C)C)n1.CCOc1nc(-c2ccc(-c3ccc(OCc4ccccc4)nc3)cc2)nn1COCC[Si](C)(C)C. The van der Waals surface area contributed by atoms with Crippen LogP contribution in [0.2, 0.25) is 103 Å². The smallest absolute Gasteiger partial charge is 0.336 e. The van der Waals surface area contributed by atoms with Gasteiger partial charge in [-0.1, -0.05) is 236 Å². The molecule has 8 heterocycles. The van der Waals surface area contributed by atoms with Crippen LogP contribution >= 0.6 is 0 Å². The molecule has 0 saturated heterocycles. The number of rotatable bonds is 42. The topological polar surface area (TPSA) is 307 Å². The van der Waals surface area contributed by atoms with Crippen LogP contribution in [0.4, 0.5) is 0 Å². The van der Waals surface area contributed by atoms with Crippen LogP contribution in [0.1, 0.15) is 38.8 Å². The number of benzene rings is 6. The predicted molar refractivity (Wildman–Crippen MR) is 523 cm³/mol. The molecule has 130 heavy (non-hydrogen) atoms. The van der Waals surface area contributed by atoms with E-state index in [9.17, 15) is 9.59 Å². The molecule has 0 radical (unpaired) electrons. The Kier molecular flexibility index (Phi) is 36.5. The van der Waals surface area contributed by atoms with Crippen molar-refractivity contribution in [1.82, 2.24) is 79.0 Å². The highest BCUT2D eigenvalue weighted by Gasteiger charge is 2.22. The Morgan fingerprint density at radius 3 is 0.877 bits per heavy atom. The van der Waals surface area contributed by atoms with Crippen molar-refractivity contribution in [2.75, 3.05) is 52.9 Å². The third kappa shape index (κ3) is 32.1. The van der Waals surface area contributed by atoms with E-state index in [2.05, 4.69) is 151 Å². The van der Waals surface area contributed by atoms with Gasteiger partial charge in [-0.05, 0) is 121 Å². The van der Waals surface area contributed by atoms with Crippen LogP contribution in [-0.2, 0) is 59.1 Å². The van der Waals surface area contributed by atoms with E-state index in [1.54, 1.807) is 43.3 Å². The van der Waals surface area contributed by atoms with Gasteiger partial charge in [-0.25, -0.2) is 19.3 Å². The number of nitrogens with zero attached hydrogens (tertiary/aromatic N) is 14. The Morgan fingerprint density at radius 2 is 0.585 bits per heavy atom. The molecule has 0 spiro atoms. The second kappa shape index (κ2) is 48.3. The maximum absolute atomic E-state index is 11.3. The zero-order valence-corrected chi connectivity index (χ0v) is 81.8. The molecule has 0 unspecified atom stereocenters. The Bertz CT molecular complexity index is 5820. The molecule has 0 aliphatic heterocycles. The standard InChI is InChI=1S/2C28H34N4O3Si.2C21H28N4O3Si/c1-5-34-28-30-27(32(31-28)21-33-17-18-36(2,3)4)24-13-11-23(12-14-24)25-15-16-26(29-19-25)35-20-22-9-7-6-8-10-22;1-5-34-28-30-27(31-32(28)21-33-17-18-36(2,3)4)24-13-11-23(12-14-24)25-15-16-26(29-19-25)35-20-22-9-7-6-8-10-22;1-5-28-21-23-20(25(24-21)15-27-12-13-29(2,3)4)17-8-6-16(7-9-17)18-10-11-19(26)22-14-18;1-5-28-21-23-20(24-25(21)15-27-12-13-29(2,3)4)17-8-6-16(7-9-17)18-10-11-19(26)22-14-18/h2*6-16,19H,5,17-18,20-21H2,1-4H3;2*6-11,14H,5,12-13,15H2,1-4H3,(H,22,26). The van der Waals surface area contributed by atoms with Crippen molar-refractivity contribution >= 4 is 32.3 Å². The molecule has 8 aromatic heterocycles. The molecule has 2 N–H and O–H groups in total. The molecule has 0 saturated carbocycles. The van der Waals surface area contributed by atoms with Gasteiger partial charge in [0.15, 0.2) is 23.3 Å². The summed E-state index contributed by atoms with van der Waals surface area (Å²) in [6.07, 6.45) is 7.07. The van der Waals surface area contributed by atoms with Gasteiger partial charge in [-0.2, -0.15) is 29.3 Å². The average molecular weight is 1830 g/mol. The van der Waals surface area contributed by atoms with Crippen molar-refractivity contribution in [3.05, 3.63) is 263 Å². The van der Waals surface area contributed by atoms with Crippen LogP contribution in [-0.4, -0.2) is 164 Å². The molecule has 0 fully saturated rings. The van der Waals surface area contributed by atoms with E-state index in [0.717, 1.165) is 121 Å². The number of pyridine rings is 4. The molecule has 684 valence electrons. The van der Waals surface area contributed by atoms with Crippen molar-refractivity contribution in [1.29, 1.82) is 0 Å². The molecule has 0 atom stereocenters. The molecule has 14 rings (SSSR count). The first-order valence-electron chi connectivity index (χ1n) is 44.2. The van der Waals surface area contributed by atoms with Crippen LogP contribution in [0, 0.1) is 0 Å². The predicted octanol–water partition coefficient (Wildman–Crippen LogP) is 20.6. The summed E-state index contributed by atoms with van der Waals surface area (Å²) in [5.41, 5.74) is 13.7. The molecular formula is C98H124N16O12Si4. The number of hydrogen-bond donors (Lipinski definition) is 2. The van der Waals surface area contributed by atoms with Crippen LogP contribution in [0.15, 0.2) is 241 Å². The van der Waals surface area contributed by atoms with Gasteiger partial charge in [0.1, 0.15) is 40.1 Å². The van der Waals surface area contributed by atoms with Crippen molar-refractivity contribution in [3.63, 3.8) is 0 Å². The van der Waals surface area contributed by atoms with E-state index in [4.69, 9.17) is 47.4 Å². The second-order valence-electron chi connectivity index (χ2n) is 35.5. The molecule has 0 aliphatic carbocycles. The molecular weight excluding hydrogens is 1710 g/mol. The van der Waals surface area contributed by atoms with Crippen LogP contribution in [0.5, 0.6) is 35.8 Å². The zero-order chi connectivity index (χ0) is 92.5. The van der Waals surface area contributed by atoms with Gasteiger partial charge in [-0.3, -0.25) is 9.59 Å². The number of H-pyrrole nitrogens is 2. The highest BCUT2D eigenvalue weighted by molar-refractivity contribution is 6.77. The molecule has 0 amide bonds. The van der Waals surface area contributed by atoms with E-state index in [-0.39, 0.29) is 11.1 Å². The molecule has 28 nitrogen and oxygen atoms in total. The van der Waals surface area contributed by atoms with Gasteiger partial charge in [0.05, 0.1) is 26.4 Å². The Balaban J connectivity index is 0.000000168. The third-order valence-corrected chi connectivity index (χ3v) is 26.7. The van der Waals surface area contributed by atoms with Gasteiger partial charge in [0.2, 0.25) is 22.9 Å². The number of aromatic nitrogens is 16. The van der Waals surface area contributed by atoms with Crippen LogP contribution in [0.25, 0.3) is 90.1 Å². The molecule has 6 aromatic carbocycles. The fourth-order valence-electron chi connectivity index (χ4n) is 12.5. The summed E-state index contributed by atoms with van der Waals surface area (Å²) in [4.78, 5) is 55.0. The number of aromatic amines is 2. The van der Waals surface area contributed by atoms with Gasteiger partial charge in [-0.15, -0.1) is 20.4 Å². The monoisotopic (exact) mass is 1830 g/mol. The van der Waals surface area contributed by atoms with Gasteiger partial charge < -0.3 is 57.3 Å². The lowest BCUT2D eigenvalue weighted by Crippen LogP contribution is -2.22. The summed E-state index contributed by atoms with van der Waals surface area (Å²) in [5, 5.41) is 18.1. The maximum Gasteiger partial charge on any atom is 0.336 e. The van der Waals surface area contributed by atoms with Crippen LogP contribution in [0.3, 0.4) is 0 Å². The fourth-order valence-corrected chi connectivity index (χ4v) is 15.5. The summed E-state index contributed by atoms with van der Waals surface area (Å²) in [6.45, 7) is 42.9. The fraction of sp³-hybridized carbons (Fsp3) is 0.347. The minimum absolute atomic E-state index is 0.115. The first-order chi connectivity index (χ1) is 62.5. The van der Waals surface area contributed by atoms with E-state index in [0.29, 0.717) is 133 Å². The van der Waals surface area contributed by atoms with Crippen LogP contribution < -0.4 is 39.5 Å². The quantitative estimate of drug-likeness (QED) is 0.0265. The summed E-state index contributed by atoms with van der Waals surface area (Å²) in [7, 11) is -4.56. The molecule has 0 aliphatic rings. The highest BCUT2D eigenvalue weighted by atomic mass is 28.3. The van der Waals surface area contributed by atoms with Gasteiger partial charge in [0.25, 0.3) is 0 Å². The minimum atomic E-state index is -1.15. The van der Waals surface area contributed by atoms with Gasteiger partial charge in [0, 0.05) is 141 Å². The Morgan fingerprint density at radius 1 is 0.292 bits per heavy atom. The summed E-state index contributed by atoms with van der Waals surface area (Å²) < 4.78 is 64.3. The second-order valence-corrected chi connectivity index (χ2v) is 58.0. The Hall–Kier alpha value is -12.4. The number of hydrogen-bond acceptors (Lipinski definition) is 22. The van der Waals surface area contributed by atoms with E-state index in [1.807, 2.05) is 210 Å². The highest BCUT2D eigenvalue weighted by Crippen LogP contribution is 2.32. The first kappa shape index (κ1) is 98.2. The minimum Gasteiger partial charge on any atom is -0.473 e. The lowest BCUT2D eigenvalue weighted by atomic mass is 10.1. The van der Waals surface area contributed by atoms with E-state index >= 15 is 0 Å². The van der Waals surface area contributed by atoms with Crippen molar-refractivity contribution in [2.24, 2.45) is 0 Å². The van der Waals surface area contributed by atoms with Crippen molar-refractivity contribution in [3.8, 4) is 126 Å². The van der Waals surface area contributed by atoms with Gasteiger partial charge >= 0.3 is 24.0 Å². The van der Waals surface area contributed by atoms with Crippen molar-refractivity contribution in [2.45, 2.75) is 171 Å².